The van der Waals surface area contributed by atoms with Crippen LogP contribution in [0.15, 0.2) is 468 Å². The second-order valence-electron chi connectivity index (χ2n) is 33.3. The number of hydrogen-bond acceptors (Lipinski definition) is 8. The van der Waals surface area contributed by atoms with Crippen molar-refractivity contribution < 1.29 is 0 Å². The van der Waals surface area contributed by atoms with Crippen molar-refractivity contribution >= 4 is 66.9 Å². The lowest BCUT2D eigenvalue weighted by atomic mass is 9.67. The third-order valence-corrected chi connectivity index (χ3v) is 28.7. The molecule has 2 spiro atoms. The molecule has 0 bridgehead atoms. The van der Waals surface area contributed by atoms with Crippen LogP contribution in [0.1, 0.15) is 44.5 Å². The minimum absolute atomic E-state index is 0.442. The number of fused-ring (bicyclic) bond motifs is 26. The van der Waals surface area contributed by atoms with Crippen LogP contribution in [0.3, 0.4) is 0 Å². The van der Waals surface area contributed by atoms with Gasteiger partial charge >= 0.3 is 0 Å². The zero-order valence-corrected chi connectivity index (χ0v) is 70.9. The zero-order valence-electron chi connectivity index (χ0n) is 69.2. The van der Waals surface area contributed by atoms with Gasteiger partial charge in [-0.3, -0.25) is 0 Å². The van der Waals surface area contributed by atoms with Crippen LogP contribution in [-0.2, 0) is 10.8 Å². The summed E-state index contributed by atoms with van der Waals surface area (Å²) in [7, 11) is 0. The first-order valence-electron chi connectivity index (χ1n) is 43.5. The molecule has 4 aliphatic rings. The minimum atomic E-state index is -0.447. The molecule has 0 N–H and O–H groups in total. The van der Waals surface area contributed by atoms with Gasteiger partial charge in [-0.2, -0.15) is 0 Å². The minimum Gasteiger partial charge on any atom is -0.247 e. The standard InChI is InChI=1S/2C60H37N3S/c1-3-16-39(17-4-1)53-37-54(63-59(62-53)41-18-5-2-6-19-41)43-21-15-20-42(36-43)38-30-32-40(33-31-38)57-47-34-35-51-58(56(47)46-24-9-13-28-52(46)61-57)64-55-29-14-12-27-50(55)60(51)48-25-10-7-22-44(48)45-23-8-11-26-49(45)60;1-3-15-40(16-4-1)53-37-54(63-59(62-53)43-17-5-2-6-18-43)41-31-27-38(28-32-41)39-29-33-42(34-30-39)57-47-35-36-51-58(56(47)46-21-9-13-25-52(46)61-57)64-55-26-14-12-24-50(55)60(51)48-22-10-7-19-44(48)45-20-8-11-23-49(45)60/h2*1-37H. The summed E-state index contributed by atoms with van der Waals surface area (Å²) in [5.74, 6) is 1.42. The summed E-state index contributed by atoms with van der Waals surface area (Å²) in [5, 5.41) is 7.17. The molecule has 0 unspecified atom stereocenters. The van der Waals surface area contributed by atoms with Crippen LogP contribution < -0.4 is 0 Å². The summed E-state index contributed by atoms with van der Waals surface area (Å²) < 4.78 is 0. The van der Waals surface area contributed by atoms with Crippen LogP contribution in [0.5, 0.6) is 0 Å². The molecule has 0 saturated heterocycles. The van der Waals surface area contributed by atoms with E-state index >= 15 is 0 Å². The van der Waals surface area contributed by atoms with Crippen molar-refractivity contribution in [3.05, 3.63) is 493 Å². The van der Waals surface area contributed by atoms with Gasteiger partial charge in [0.1, 0.15) is 0 Å². The van der Waals surface area contributed by atoms with E-state index in [2.05, 4.69) is 388 Å². The largest absolute Gasteiger partial charge is 0.247 e. The van der Waals surface area contributed by atoms with E-state index in [0.717, 1.165) is 123 Å². The van der Waals surface area contributed by atoms with E-state index in [4.69, 9.17) is 29.9 Å². The lowest BCUT2D eigenvalue weighted by Gasteiger charge is -2.40. The van der Waals surface area contributed by atoms with Crippen LogP contribution in [0.2, 0.25) is 0 Å². The molecule has 0 amide bonds. The number of rotatable bonds is 10. The maximum Gasteiger partial charge on any atom is 0.160 e. The molecule has 596 valence electrons. The predicted octanol–water partition coefficient (Wildman–Crippen LogP) is 30.7. The van der Waals surface area contributed by atoms with Gasteiger partial charge in [0, 0.05) is 96.4 Å². The third kappa shape index (κ3) is 12.0. The molecule has 26 rings (SSSR count). The Bertz CT molecular complexity index is 8020. The predicted molar refractivity (Wildman–Crippen MR) is 527 cm³/mol. The maximum atomic E-state index is 5.43. The molecular formula is C120H74N6S2. The van der Waals surface area contributed by atoms with Gasteiger partial charge in [0.15, 0.2) is 11.6 Å². The Balaban J connectivity index is 0.000000139. The molecule has 6 heterocycles. The third-order valence-electron chi connectivity index (χ3n) is 26.3. The van der Waals surface area contributed by atoms with Crippen LogP contribution in [-0.4, -0.2) is 29.9 Å². The number of para-hydroxylation sites is 2. The first-order chi connectivity index (χ1) is 63.4. The highest BCUT2D eigenvalue weighted by molar-refractivity contribution is 8.00. The van der Waals surface area contributed by atoms with Gasteiger partial charge < -0.3 is 0 Å². The molecule has 8 heteroatoms. The van der Waals surface area contributed by atoms with Crippen LogP contribution in [0, 0.1) is 0 Å². The highest BCUT2D eigenvalue weighted by Crippen LogP contribution is 2.66. The van der Waals surface area contributed by atoms with Crippen molar-refractivity contribution in [1.82, 2.24) is 29.9 Å². The second kappa shape index (κ2) is 30.5. The fraction of sp³-hybridized carbons (Fsp3) is 0.0167. The zero-order chi connectivity index (χ0) is 84.4. The van der Waals surface area contributed by atoms with E-state index in [1.807, 2.05) is 84.2 Å². The summed E-state index contributed by atoms with van der Waals surface area (Å²) in [4.78, 5) is 36.2. The molecule has 0 atom stereocenters. The number of benzene rings is 18. The number of aromatic nitrogens is 6. The van der Waals surface area contributed by atoms with Crippen molar-refractivity contribution in [3.63, 3.8) is 0 Å². The highest BCUT2D eigenvalue weighted by Gasteiger charge is 2.52. The summed E-state index contributed by atoms with van der Waals surface area (Å²) >= 11 is 3.81. The van der Waals surface area contributed by atoms with Crippen molar-refractivity contribution in [2.24, 2.45) is 0 Å². The molecule has 6 nitrogen and oxygen atoms in total. The number of nitrogens with zero attached hydrogens (tertiary/aromatic N) is 6. The smallest absolute Gasteiger partial charge is 0.160 e. The van der Waals surface area contributed by atoms with Gasteiger partial charge in [-0.1, -0.05) is 430 Å². The van der Waals surface area contributed by atoms with Crippen molar-refractivity contribution in [1.29, 1.82) is 0 Å². The SMILES string of the molecule is c1ccc(-c2cc(-c3ccc(-c4ccc(-c5nc6ccccc6c6c7c(ccc56)C5(c6ccccc6S7)c6ccccc6-c6ccccc65)cc4)cc3)nc(-c3ccccc3)n2)cc1.c1ccc(-c2cc(-c3cccc(-c4ccc(-c5nc6ccccc6c6c7c(ccc56)C5(c6ccccc6S7)c6ccccc6-c6ccccc65)cc4)c3)nc(-c3ccccc3)n2)cc1. The quantitative estimate of drug-likeness (QED) is 0.125. The topological polar surface area (TPSA) is 77.3 Å². The summed E-state index contributed by atoms with van der Waals surface area (Å²) in [6, 6.07) is 161. The highest BCUT2D eigenvalue weighted by atomic mass is 32.2. The molecule has 4 aromatic heterocycles. The first-order valence-corrected chi connectivity index (χ1v) is 45.2. The summed E-state index contributed by atoms with van der Waals surface area (Å²) in [5.41, 5.74) is 35.5. The Hall–Kier alpha value is -15.8. The Morgan fingerprint density at radius 3 is 0.859 bits per heavy atom. The fourth-order valence-electron chi connectivity index (χ4n) is 20.6. The van der Waals surface area contributed by atoms with E-state index in [9.17, 15) is 0 Å². The molecule has 18 aromatic carbocycles. The van der Waals surface area contributed by atoms with Gasteiger partial charge in [0.25, 0.3) is 0 Å². The summed E-state index contributed by atoms with van der Waals surface area (Å²) in [6.07, 6.45) is 0. The average molecular weight is 1660 g/mol. The van der Waals surface area contributed by atoms with Crippen LogP contribution in [0.4, 0.5) is 0 Å². The molecule has 128 heavy (non-hydrogen) atoms. The van der Waals surface area contributed by atoms with Crippen molar-refractivity contribution in [3.8, 4) is 135 Å². The van der Waals surface area contributed by atoms with Gasteiger partial charge in [0.05, 0.1) is 56.0 Å². The van der Waals surface area contributed by atoms with E-state index in [-0.39, 0.29) is 0 Å². The normalized spacial score (nSPS) is 13.1. The molecule has 22 aromatic rings. The Morgan fingerprint density at radius 2 is 0.461 bits per heavy atom. The molecule has 2 aliphatic carbocycles. The van der Waals surface area contributed by atoms with Gasteiger partial charge in [0.2, 0.25) is 0 Å². The van der Waals surface area contributed by atoms with Crippen LogP contribution in [0.25, 0.3) is 178 Å². The second-order valence-corrected chi connectivity index (χ2v) is 35.4. The molecule has 0 radical (unpaired) electrons. The molecule has 0 fully saturated rings. The lowest BCUT2D eigenvalue weighted by molar-refractivity contribution is 0.726. The Morgan fingerprint density at radius 1 is 0.172 bits per heavy atom. The Labute approximate surface area is 749 Å². The van der Waals surface area contributed by atoms with E-state index < -0.39 is 10.8 Å². The van der Waals surface area contributed by atoms with E-state index in [1.165, 1.54) is 108 Å². The van der Waals surface area contributed by atoms with Crippen molar-refractivity contribution in [2.75, 3.05) is 0 Å². The summed E-state index contributed by atoms with van der Waals surface area (Å²) in [6.45, 7) is 0. The van der Waals surface area contributed by atoms with Crippen molar-refractivity contribution in [2.45, 2.75) is 30.4 Å². The van der Waals surface area contributed by atoms with Crippen LogP contribution >= 0.6 is 23.5 Å². The van der Waals surface area contributed by atoms with Gasteiger partial charge in [-0.25, -0.2) is 29.9 Å². The van der Waals surface area contributed by atoms with E-state index in [1.54, 1.807) is 0 Å². The lowest BCUT2D eigenvalue weighted by Crippen LogP contribution is -2.32. The molecule has 2 aliphatic heterocycles. The first kappa shape index (κ1) is 74.8. The monoisotopic (exact) mass is 1660 g/mol. The van der Waals surface area contributed by atoms with E-state index in [0.29, 0.717) is 11.6 Å². The van der Waals surface area contributed by atoms with Gasteiger partial charge in [-0.05, 0) is 131 Å². The van der Waals surface area contributed by atoms with Gasteiger partial charge in [-0.15, -0.1) is 0 Å². The number of hydrogen-bond donors (Lipinski definition) is 0. The maximum absolute atomic E-state index is 5.43. The Kier molecular flexibility index (Phi) is 17.8. The molecule has 0 saturated carbocycles. The number of pyridine rings is 2. The fourth-order valence-corrected chi connectivity index (χ4v) is 23.3. The average Bonchev–Trinajstić information content (AvgIpc) is 1.47. The molecular weight excluding hydrogens is 1590 g/mol.